The lowest BCUT2D eigenvalue weighted by molar-refractivity contribution is 0.138. The van der Waals surface area contributed by atoms with Crippen molar-refractivity contribution in [2.45, 2.75) is 13.8 Å². The molecule has 0 bridgehead atoms. The molecule has 0 saturated carbocycles. The zero-order valence-corrected chi connectivity index (χ0v) is 6.40. The van der Waals surface area contributed by atoms with Gasteiger partial charge in [0, 0.05) is 12.5 Å². The summed E-state index contributed by atoms with van der Waals surface area (Å²) in [6.45, 7) is 4.57. The molecule has 0 spiro atoms. The van der Waals surface area contributed by atoms with Gasteiger partial charge in [0.2, 0.25) is 0 Å². The molecule has 0 unspecified atom stereocenters. The average molecular weight is 129 g/mol. The van der Waals surface area contributed by atoms with Gasteiger partial charge in [-0.2, -0.15) is 0 Å². The van der Waals surface area contributed by atoms with Crippen molar-refractivity contribution in [3.8, 4) is 12.3 Å². The molecule has 0 aliphatic carbocycles. The first kappa shape index (κ1) is 11.3. The predicted molar refractivity (Wildman–Crippen MR) is 39.5 cm³/mol. The normalized spacial score (nSPS) is 9.56. The first-order valence-corrected chi connectivity index (χ1v) is 2.59. The molecule has 0 aliphatic heterocycles. The fourth-order valence-corrected chi connectivity index (χ4v) is 0.403. The Balaban J connectivity index is 0. The molecular weight excluding hydrogens is 114 g/mol. The summed E-state index contributed by atoms with van der Waals surface area (Å²) in [5.41, 5.74) is -0.102. The second kappa shape index (κ2) is 4.37. The highest BCUT2D eigenvalue weighted by Gasteiger charge is 2.11. The van der Waals surface area contributed by atoms with Crippen LogP contribution in [0.4, 0.5) is 0 Å². The van der Waals surface area contributed by atoms with Crippen molar-refractivity contribution in [2.24, 2.45) is 5.41 Å². The summed E-state index contributed by atoms with van der Waals surface area (Å²) in [6.07, 6.45) is 5.16. The number of rotatable bonds is 2. The third kappa shape index (κ3) is 5.35. The van der Waals surface area contributed by atoms with Gasteiger partial charge in [-0.25, -0.2) is 0 Å². The molecule has 0 fully saturated rings. The maximum atomic E-state index is 5.16. The molecule has 0 aromatic heterocycles. The number of ether oxygens (including phenoxy) is 1. The maximum absolute atomic E-state index is 5.16. The highest BCUT2D eigenvalue weighted by atomic mass is 16.5. The van der Waals surface area contributed by atoms with Crippen LogP contribution in [-0.2, 0) is 4.74 Å². The summed E-state index contributed by atoms with van der Waals surface area (Å²) < 4.78 is 4.86. The third-order valence-electron chi connectivity index (χ3n) is 0.896. The Kier molecular flexibility index (Phi) is 5.48. The smallest absolute Gasteiger partial charge is 0.0622 e. The summed E-state index contributed by atoms with van der Waals surface area (Å²) in [5, 5.41) is 0. The van der Waals surface area contributed by atoms with E-state index in [0.29, 0.717) is 6.61 Å². The number of hydrogen-bond donors (Lipinski definition) is 1. The van der Waals surface area contributed by atoms with Crippen molar-refractivity contribution in [1.82, 2.24) is 6.15 Å². The van der Waals surface area contributed by atoms with Gasteiger partial charge in [0.15, 0.2) is 0 Å². The van der Waals surface area contributed by atoms with Gasteiger partial charge < -0.3 is 10.9 Å². The lowest BCUT2D eigenvalue weighted by atomic mass is 9.97. The van der Waals surface area contributed by atoms with E-state index >= 15 is 0 Å². The van der Waals surface area contributed by atoms with Crippen LogP contribution in [0.25, 0.3) is 0 Å². The molecule has 0 rings (SSSR count). The van der Waals surface area contributed by atoms with E-state index in [-0.39, 0.29) is 11.6 Å². The molecule has 0 aromatic carbocycles. The molecule has 0 heterocycles. The Bertz CT molecular complexity index is 102. The van der Waals surface area contributed by atoms with Gasteiger partial charge in [0.05, 0.1) is 6.61 Å². The molecule has 54 valence electrons. The molecule has 0 saturated heterocycles. The minimum Gasteiger partial charge on any atom is -0.383 e. The first-order valence-electron chi connectivity index (χ1n) is 2.59. The van der Waals surface area contributed by atoms with E-state index in [1.807, 2.05) is 13.8 Å². The van der Waals surface area contributed by atoms with Crippen LogP contribution < -0.4 is 6.15 Å². The van der Waals surface area contributed by atoms with E-state index in [0.717, 1.165) is 0 Å². The highest BCUT2D eigenvalue weighted by molar-refractivity contribution is 5.00. The van der Waals surface area contributed by atoms with Crippen molar-refractivity contribution in [2.75, 3.05) is 13.7 Å². The Morgan fingerprint density at radius 3 is 2.11 bits per heavy atom. The van der Waals surface area contributed by atoms with Crippen LogP contribution in [0, 0.1) is 17.8 Å². The summed E-state index contributed by atoms with van der Waals surface area (Å²) >= 11 is 0. The van der Waals surface area contributed by atoms with E-state index in [1.165, 1.54) is 0 Å². The summed E-state index contributed by atoms with van der Waals surface area (Å²) in [4.78, 5) is 0. The molecule has 0 atom stereocenters. The predicted octanol–water partition coefficient (Wildman–Crippen LogP) is 1.45. The first-order chi connectivity index (χ1) is 3.62. The molecular formula is C7H15NO. The van der Waals surface area contributed by atoms with Gasteiger partial charge >= 0.3 is 0 Å². The molecule has 3 N–H and O–H groups in total. The SMILES string of the molecule is C#CC(C)(C)COC.N. The molecule has 2 heteroatoms. The van der Waals surface area contributed by atoms with Crippen LogP contribution in [0.5, 0.6) is 0 Å². The maximum Gasteiger partial charge on any atom is 0.0622 e. The van der Waals surface area contributed by atoms with Crippen LogP contribution in [0.3, 0.4) is 0 Å². The number of hydrogen-bond acceptors (Lipinski definition) is 2. The van der Waals surface area contributed by atoms with E-state index < -0.39 is 0 Å². The van der Waals surface area contributed by atoms with Crippen molar-refractivity contribution in [3.63, 3.8) is 0 Å². The second-order valence-corrected chi connectivity index (χ2v) is 2.46. The van der Waals surface area contributed by atoms with Crippen molar-refractivity contribution in [1.29, 1.82) is 0 Å². The van der Waals surface area contributed by atoms with Crippen LogP contribution in [0.1, 0.15) is 13.8 Å². The van der Waals surface area contributed by atoms with Crippen molar-refractivity contribution >= 4 is 0 Å². The third-order valence-corrected chi connectivity index (χ3v) is 0.896. The van der Waals surface area contributed by atoms with Crippen molar-refractivity contribution < 1.29 is 4.74 Å². The lowest BCUT2D eigenvalue weighted by Gasteiger charge is -2.14. The van der Waals surface area contributed by atoms with E-state index in [9.17, 15) is 0 Å². The zero-order chi connectivity index (χ0) is 6.62. The van der Waals surface area contributed by atoms with E-state index in [4.69, 9.17) is 11.2 Å². The summed E-state index contributed by atoms with van der Waals surface area (Å²) in [5.74, 6) is 2.62. The minimum atomic E-state index is -0.102. The van der Waals surface area contributed by atoms with Crippen molar-refractivity contribution in [3.05, 3.63) is 0 Å². The quantitative estimate of drug-likeness (QED) is 0.573. The molecule has 9 heavy (non-hydrogen) atoms. The fourth-order valence-electron chi connectivity index (χ4n) is 0.403. The summed E-state index contributed by atoms with van der Waals surface area (Å²) in [6, 6.07) is 0. The molecule has 0 radical (unpaired) electrons. The second-order valence-electron chi connectivity index (χ2n) is 2.46. The van der Waals surface area contributed by atoms with Gasteiger partial charge in [-0.15, -0.1) is 6.42 Å². The van der Waals surface area contributed by atoms with Crippen LogP contribution in [-0.4, -0.2) is 13.7 Å². The monoisotopic (exact) mass is 129 g/mol. The standard InChI is InChI=1S/C7H12O.H3N/c1-5-7(2,3)6-8-4;/h1H,6H2,2-4H3;1H3. The average Bonchev–Trinajstić information content (AvgIpc) is 1.67. The fraction of sp³-hybridized carbons (Fsp3) is 0.714. The van der Waals surface area contributed by atoms with Gasteiger partial charge in [0.1, 0.15) is 0 Å². The zero-order valence-electron chi connectivity index (χ0n) is 6.40. The van der Waals surface area contributed by atoms with E-state index in [1.54, 1.807) is 7.11 Å². The number of terminal acetylenes is 1. The van der Waals surface area contributed by atoms with Gasteiger partial charge in [0.25, 0.3) is 0 Å². The molecule has 0 amide bonds. The Morgan fingerprint density at radius 1 is 1.56 bits per heavy atom. The van der Waals surface area contributed by atoms with Gasteiger partial charge in [-0.05, 0) is 13.8 Å². The summed E-state index contributed by atoms with van der Waals surface area (Å²) in [7, 11) is 1.65. The number of methoxy groups -OCH3 is 1. The molecule has 0 aliphatic rings. The van der Waals surface area contributed by atoms with Gasteiger partial charge in [-0.1, -0.05) is 5.92 Å². The Hall–Kier alpha value is -0.520. The van der Waals surface area contributed by atoms with Crippen LogP contribution in [0.15, 0.2) is 0 Å². The van der Waals surface area contributed by atoms with Crippen LogP contribution in [0.2, 0.25) is 0 Å². The molecule has 0 aromatic rings. The largest absolute Gasteiger partial charge is 0.383 e. The lowest BCUT2D eigenvalue weighted by Crippen LogP contribution is -2.14. The van der Waals surface area contributed by atoms with E-state index in [2.05, 4.69) is 5.92 Å². The highest BCUT2D eigenvalue weighted by Crippen LogP contribution is 2.11. The Morgan fingerprint density at radius 2 is 2.00 bits per heavy atom. The topological polar surface area (TPSA) is 44.2 Å². The molecule has 2 nitrogen and oxygen atoms in total. The van der Waals surface area contributed by atoms with Gasteiger partial charge in [-0.3, -0.25) is 0 Å². The Labute approximate surface area is 57.2 Å². The minimum absolute atomic E-state index is 0. The van der Waals surface area contributed by atoms with Crippen LogP contribution >= 0.6 is 0 Å².